The predicted molar refractivity (Wildman–Crippen MR) is 108 cm³/mol. The van der Waals surface area contributed by atoms with Crippen molar-refractivity contribution in [3.8, 4) is 11.1 Å². The molecule has 0 aliphatic heterocycles. The molecule has 0 aliphatic carbocycles. The molecule has 0 aliphatic rings. The highest BCUT2D eigenvalue weighted by molar-refractivity contribution is 7.89. The smallest absolute Gasteiger partial charge is 0.238 e. The number of imidazole rings is 1. The van der Waals surface area contributed by atoms with Gasteiger partial charge in [0.15, 0.2) is 0 Å². The summed E-state index contributed by atoms with van der Waals surface area (Å²) in [4.78, 5) is 7.51. The molecule has 29 heavy (non-hydrogen) atoms. The van der Waals surface area contributed by atoms with Crippen LogP contribution < -0.4 is 5.14 Å². The highest BCUT2D eigenvalue weighted by Crippen LogP contribution is 2.29. The van der Waals surface area contributed by atoms with E-state index in [9.17, 15) is 17.2 Å². The maximum Gasteiger partial charge on any atom is 0.238 e. The molecule has 0 radical (unpaired) electrons. The van der Waals surface area contributed by atoms with Crippen molar-refractivity contribution < 1.29 is 17.2 Å². The summed E-state index contributed by atoms with van der Waals surface area (Å²) in [6.45, 7) is 0. The Morgan fingerprint density at radius 3 is 2.55 bits per heavy atom. The average Bonchev–Trinajstić information content (AvgIpc) is 3.10. The van der Waals surface area contributed by atoms with Gasteiger partial charge in [-0.15, -0.1) is 0 Å². The fourth-order valence-electron chi connectivity index (χ4n) is 3.04. The first-order valence-corrected chi connectivity index (χ1v) is 10.1. The third-order valence-corrected chi connectivity index (χ3v) is 5.35. The number of aromatic amines is 1. The summed E-state index contributed by atoms with van der Waals surface area (Å²) in [7, 11) is -3.88. The van der Waals surface area contributed by atoms with Crippen LogP contribution in [0.2, 0.25) is 0 Å². The number of nitrogens with zero attached hydrogens (tertiary/aromatic N) is 1. The van der Waals surface area contributed by atoms with Gasteiger partial charge in [-0.3, -0.25) is 0 Å². The van der Waals surface area contributed by atoms with E-state index >= 15 is 0 Å². The van der Waals surface area contributed by atoms with Crippen molar-refractivity contribution in [3.63, 3.8) is 0 Å². The average molecular weight is 411 g/mol. The minimum atomic E-state index is -3.88. The van der Waals surface area contributed by atoms with Crippen LogP contribution in [0.4, 0.5) is 8.78 Å². The van der Waals surface area contributed by atoms with Crippen molar-refractivity contribution in [1.82, 2.24) is 9.97 Å². The first-order valence-electron chi connectivity index (χ1n) is 8.56. The molecule has 0 unspecified atom stereocenters. The molecule has 3 N–H and O–H groups in total. The molecule has 4 rings (SSSR count). The zero-order valence-electron chi connectivity index (χ0n) is 14.9. The third-order valence-electron chi connectivity index (χ3n) is 4.38. The Morgan fingerprint density at radius 2 is 1.76 bits per heavy atom. The molecule has 0 amide bonds. The Kier molecular flexibility index (Phi) is 4.73. The summed E-state index contributed by atoms with van der Waals surface area (Å²) in [6.07, 6.45) is 2.96. The number of primary sulfonamides is 1. The molecule has 0 saturated carbocycles. The maximum atomic E-state index is 13.7. The fourth-order valence-corrected chi connectivity index (χ4v) is 3.80. The molecule has 1 heterocycles. The van der Waals surface area contributed by atoms with Crippen LogP contribution in [0.5, 0.6) is 0 Å². The summed E-state index contributed by atoms with van der Waals surface area (Å²) in [5, 5.41) is 5.31. The van der Waals surface area contributed by atoms with Gasteiger partial charge in [-0.25, -0.2) is 27.3 Å². The molecule has 5 nitrogen and oxygen atoms in total. The number of hydrogen-bond acceptors (Lipinski definition) is 3. The lowest BCUT2D eigenvalue weighted by molar-refractivity contribution is 0.598. The molecule has 8 heteroatoms. The fraction of sp³-hybridized carbons (Fsp3) is 0. The molecule has 0 bridgehead atoms. The number of aromatic nitrogens is 2. The molecule has 0 saturated heterocycles. The molecule has 0 spiro atoms. The minimum Gasteiger partial charge on any atom is -0.338 e. The minimum absolute atomic E-state index is 0.0246. The van der Waals surface area contributed by atoms with Gasteiger partial charge in [-0.05, 0) is 54.1 Å². The summed E-state index contributed by atoms with van der Waals surface area (Å²) in [5.41, 5.74) is 2.51. The molecule has 0 fully saturated rings. The lowest BCUT2D eigenvalue weighted by Gasteiger charge is -2.07. The van der Waals surface area contributed by atoms with Crippen LogP contribution in [0.15, 0.2) is 65.6 Å². The van der Waals surface area contributed by atoms with E-state index in [0.717, 1.165) is 18.2 Å². The zero-order valence-corrected chi connectivity index (χ0v) is 15.7. The number of sulfonamides is 1. The number of nitrogens with one attached hydrogen (secondary N) is 1. The van der Waals surface area contributed by atoms with E-state index < -0.39 is 21.7 Å². The van der Waals surface area contributed by atoms with Crippen LogP contribution in [0.25, 0.3) is 34.3 Å². The van der Waals surface area contributed by atoms with E-state index in [1.807, 2.05) is 0 Å². The number of hydrogen-bond donors (Lipinski definition) is 2. The van der Waals surface area contributed by atoms with E-state index in [1.54, 1.807) is 36.4 Å². The zero-order chi connectivity index (χ0) is 20.6. The third kappa shape index (κ3) is 3.94. The largest absolute Gasteiger partial charge is 0.338 e. The van der Waals surface area contributed by atoms with Gasteiger partial charge in [0.1, 0.15) is 17.5 Å². The van der Waals surface area contributed by atoms with E-state index in [0.29, 0.717) is 28.0 Å². The lowest BCUT2D eigenvalue weighted by Crippen LogP contribution is -2.13. The van der Waals surface area contributed by atoms with Gasteiger partial charge in [-0.2, -0.15) is 0 Å². The Hall–Kier alpha value is -3.36. The first kappa shape index (κ1) is 19.0. The number of H-pyrrole nitrogens is 1. The molecule has 4 aromatic rings. The second kappa shape index (κ2) is 7.23. The van der Waals surface area contributed by atoms with Crippen molar-refractivity contribution in [3.05, 3.63) is 83.7 Å². The lowest BCUT2D eigenvalue weighted by atomic mass is 10.1. The number of nitrogens with two attached hydrogens (primary N) is 1. The second-order valence-corrected chi connectivity index (χ2v) is 7.92. The number of benzene rings is 3. The molecule has 146 valence electrons. The van der Waals surface area contributed by atoms with Gasteiger partial charge in [0.25, 0.3) is 0 Å². The van der Waals surface area contributed by atoms with E-state index in [1.165, 1.54) is 18.2 Å². The van der Waals surface area contributed by atoms with Gasteiger partial charge in [0, 0.05) is 11.1 Å². The maximum absolute atomic E-state index is 13.7. The summed E-state index contributed by atoms with van der Waals surface area (Å²) >= 11 is 0. The van der Waals surface area contributed by atoms with Crippen molar-refractivity contribution in [1.29, 1.82) is 0 Å². The van der Waals surface area contributed by atoms with Crippen LogP contribution >= 0.6 is 0 Å². The highest BCUT2D eigenvalue weighted by Gasteiger charge is 2.15. The SMILES string of the molecule is NS(=O)(=O)c1ccccc1-c1ccc2[nH]c(C=Cc3cc(F)ccc3F)nc2c1. The molecule has 0 atom stereocenters. The predicted octanol–water partition coefficient (Wildman–Crippen LogP) is 4.33. The van der Waals surface area contributed by atoms with Crippen molar-refractivity contribution in [2.45, 2.75) is 4.90 Å². The Bertz CT molecular complexity index is 1360. The standard InChI is InChI=1S/C21H15F2N3O2S/c22-15-7-8-17(23)14(11-15)6-10-21-25-18-9-5-13(12-19(18)26-21)16-3-1-2-4-20(16)29(24,27)28/h1-12H,(H,25,26)(H2,24,27,28). The summed E-state index contributed by atoms with van der Waals surface area (Å²) in [5.74, 6) is -0.630. The summed E-state index contributed by atoms with van der Waals surface area (Å²) in [6, 6.07) is 14.9. The van der Waals surface area contributed by atoms with Crippen LogP contribution in [-0.2, 0) is 10.0 Å². The highest BCUT2D eigenvalue weighted by atomic mass is 32.2. The van der Waals surface area contributed by atoms with Crippen LogP contribution in [0.3, 0.4) is 0 Å². The van der Waals surface area contributed by atoms with Crippen molar-refractivity contribution in [2.75, 3.05) is 0 Å². The van der Waals surface area contributed by atoms with E-state index in [-0.39, 0.29) is 10.5 Å². The van der Waals surface area contributed by atoms with Crippen LogP contribution in [0, 0.1) is 11.6 Å². The second-order valence-electron chi connectivity index (χ2n) is 6.39. The van der Waals surface area contributed by atoms with Crippen molar-refractivity contribution in [2.24, 2.45) is 5.14 Å². The molecular weight excluding hydrogens is 396 g/mol. The number of rotatable bonds is 4. The first-order chi connectivity index (χ1) is 13.8. The Morgan fingerprint density at radius 1 is 0.966 bits per heavy atom. The van der Waals surface area contributed by atoms with Gasteiger partial charge in [-0.1, -0.05) is 24.3 Å². The van der Waals surface area contributed by atoms with Gasteiger partial charge < -0.3 is 4.98 Å². The van der Waals surface area contributed by atoms with E-state index in [4.69, 9.17) is 5.14 Å². The number of halogens is 2. The van der Waals surface area contributed by atoms with Crippen LogP contribution in [-0.4, -0.2) is 18.4 Å². The van der Waals surface area contributed by atoms with Gasteiger partial charge >= 0.3 is 0 Å². The molecule has 3 aromatic carbocycles. The topological polar surface area (TPSA) is 88.8 Å². The Balaban J connectivity index is 1.73. The quantitative estimate of drug-likeness (QED) is 0.524. The summed E-state index contributed by atoms with van der Waals surface area (Å²) < 4.78 is 50.7. The van der Waals surface area contributed by atoms with E-state index in [2.05, 4.69) is 9.97 Å². The van der Waals surface area contributed by atoms with Gasteiger partial charge in [0.05, 0.1) is 15.9 Å². The molecular formula is C21H15F2N3O2S. The Labute approximate surface area is 165 Å². The normalized spacial score (nSPS) is 12.1. The van der Waals surface area contributed by atoms with Gasteiger partial charge in [0.2, 0.25) is 10.0 Å². The molecule has 1 aromatic heterocycles. The monoisotopic (exact) mass is 411 g/mol. The van der Waals surface area contributed by atoms with Crippen LogP contribution in [0.1, 0.15) is 11.4 Å². The van der Waals surface area contributed by atoms with Crippen molar-refractivity contribution >= 4 is 33.2 Å². The number of fused-ring (bicyclic) bond motifs is 1.